The number of hydrogen-bond acceptors (Lipinski definition) is 7. The standard InChI is InChI=1S/C19H25F3N6O3/c1-11(2)12(3)23-16(29)10-31-17(30)13-6-8-27(9-7-13)15-5-4-14-24-25-18(19(20,21)22)28(14)26-15/h4-5,11-13H,6-10H2,1-3H3,(H,23,29)/t12-/m0/s1. The number of rotatable bonds is 6. The van der Waals surface area contributed by atoms with Crippen LogP contribution in [0.3, 0.4) is 0 Å². The maximum Gasteiger partial charge on any atom is 0.453 e. The average molecular weight is 442 g/mol. The molecule has 0 saturated carbocycles. The highest BCUT2D eigenvalue weighted by atomic mass is 19.4. The number of alkyl halides is 3. The molecule has 1 N–H and O–H groups in total. The van der Waals surface area contributed by atoms with Gasteiger partial charge in [0.15, 0.2) is 12.3 Å². The van der Waals surface area contributed by atoms with Gasteiger partial charge in [-0.2, -0.15) is 17.7 Å². The zero-order chi connectivity index (χ0) is 22.8. The highest BCUT2D eigenvalue weighted by Crippen LogP contribution is 2.28. The predicted molar refractivity (Wildman–Crippen MR) is 104 cm³/mol. The van der Waals surface area contributed by atoms with Crippen molar-refractivity contribution in [2.45, 2.75) is 45.8 Å². The average Bonchev–Trinajstić information content (AvgIpc) is 3.15. The number of esters is 1. The maximum atomic E-state index is 13.0. The third-order valence-corrected chi connectivity index (χ3v) is 5.39. The van der Waals surface area contributed by atoms with Gasteiger partial charge in [0.05, 0.1) is 5.92 Å². The number of halogens is 3. The van der Waals surface area contributed by atoms with Gasteiger partial charge >= 0.3 is 12.1 Å². The van der Waals surface area contributed by atoms with Gasteiger partial charge in [0.2, 0.25) is 0 Å². The van der Waals surface area contributed by atoms with Gasteiger partial charge in [0.1, 0.15) is 5.82 Å². The topological polar surface area (TPSA) is 102 Å². The van der Waals surface area contributed by atoms with Crippen LogP contribution < -0.4 is 10.2 Å². The Morgan fingerprint density at radius 3 is 2.48 bits per heavy atom. The molecule has 9 nitrogen and oxygen atoms in total. The van der Waals surface area contributed by atoms with E-state index >= 15 is 0 Å². The third kappa shape index (κ3) is 5.42. The van der Waals surface area contributed by atoms with Crippen LogP contribution in [0, 0.1) is 11.8 Å². The molecule has 2 aromatic heterocycles. The summed E-state index contributed by atoms with van der Waals surface area (Å²) in [5.74, 6) is -1.76. The SMILES string of the molecule is CC(C)[C@H](C)NC(=O)COC(=O)C1CCN(c2ccc3nnc(C(F)(F)F)n3n2)CC1. The fourth-order valence-electron chi connectivity index (χ4n) is 3.19. The fourth-order valence-corrected chi connectivity index (χ4v) is 3.19. The second-order valence-electron chi connectivity index (χ2n) is 7.95. The van der Waals surface area contributed by atoms with Crippen LogP contribution in [0.5, 0.6) is 0 Å². The molecule has 2 aromatic rings. The van der Waals surface area contributed by atoms with Crippen molar-refractivity contribution in [3.8, 4) is 0 Å². The van der Waals surface area contributed by atoms with Gasteiger partial charge in [0.25, 0.3) is 11.7 Å². The highest BCUT2D eigenvalue weighted by Gasteiger charge is 2.38. The molecule has 0 unspecified atom stereocenters. The Balaban J connectivity index is 1.54. The van der Waals surface area contributed by atoms with Gasteiger partial charge in [-0.25, -0.2) is 0 Å². The zero-order valence-electron chi connectivity index (χ0n) is 17.5. The Bertz CT molecular complexity index is 938. The van der Waals surface area contributed by atoms with Gasteiger partial charge < -0.3 is 15.0 Å². The molecule has 170 valence electrons. The lowest BCUT2D eigenvalue weighted by molar-refractivity contribution is -0.153. The monoisotopic (exact) mass is 442 g/mol. The van der Waals surface area contributed by atoms with Crippen molar-refractivity contribution in [2.75, 3.05) is 24.6 Å². The first kappa shape index (κ1) is 22.8. The van der Waals surface area contributed by atoms with Gasteiger partial charge in [-0.3, -0.25) is 9.59 Å². The molecule has 0 radical (unpaired) electrons. The number of amides is 1. The van der Waals surface area contributed by atoms with Crippen molar-refractivity contribution in [3.63, 3.8) is 0 Å². The van der Waals surface area contributed by atoms with Crippen LogP contribution in [0.1, 0.15) is 39.4 Å². The molecular formula is C19H25F3N6O3. The van der Waals surface area contributed by atoms with Gasteiger partial charge in [0, 0.05) is 19.1 Å². The maximum absolute atomic E-state index is 13.0. The molecule has 0 aromatic carbocycles. The van der Waals surface area contributed by atoms with Crippen molar-refractivity contribution >= 4 is 23.3 Å². The third-order valence-electron chi connectivity index (χ3n) is 5.39. The van der Waals surface area contributed by atoms with E-state index in [0.29, 0.717) is 36.3 Å². The molecule has 1 saturated heterocycles. The number of anilines is 1. The first-order valence-electron chi connectivity index (χ1n) is 10.1. The van der Waals surface area contributed by atoms with E-state index in [4.69, 9.17) is 4.74 Å². The number of ether oxygens (including phenoxy) is 1. The number of nitrogens with zero attached hydrogens (tertiary/aromatic N) is 5. The van der Waals surface area contributed by atoms with Crippen LogP contribution in [-0.2, 0) is 20.5 Å². The summed E-state index contributed by atoms with van der Waals surface area (Å²) in [4.78, 5) is 25.9. The van der Waals surface area contributed by atoms with Crippen LogP contribution in [0.25, 0.3) is 5.65 Å². The smallest absolute Gasteiger partial charge is 0.453 e. The second kappa shape index (κ2) is 9.06. The van der Waals surface area contributed by atoms with Crippen molar-refractivity contribution in [2.24, 2.45) is 11.8 Å². The normalized spacial score (nSPS) is 16.5. The van der Waals surface area contributed by atoms with E-state index in [1.807, 2.05) is 20.8 Å². The van der Waals surface area contributed by atoms with Crippen molar-refractivity contribution in [1.82, 2.24) is 25.1 Å². The van der Waals surface area contributed by atoms with Crippen LogP contribution in [-0.4, -0.2) is 57.4 Å². The summed E-state index contributed by atoms with van der Waals surface area (Å²) < 4.78 is 44.9. The van der Waals surface area contributed by atoms with Crippen LogP contribution in [0.2, 0.25) is 0 Å². The van der Waals surface area contributed by atoms with Gasteiger partial charge in [-0.15, -0.1) is 15.3 Å². The summed E-state index contributed by atoms with van der Waals surface area (Å²) in [6.07, 6.45) is -3.78. The minimum Gasteiger partial charge on any atom is -0.455 e. The van der Waals surface area contributed by atoms with Gasteiger partial charge in [-0.05, 0) is 37.8 Å². The van der Waals surface area contributed by atoms with Crippen molar-refractivity contribution < 1.29 is 27.5 Å². The molecule has 1 aliphatic rings. The molecule has 3 heterocycles. The summed E-state index contributed by atoms with van der Waals surface area (Å²) in [5.41, 5.74) is -0.000370. The lowest BCUT2D eigenvalue weighted by Crippen LogP contribution is -2.40. The van der Waals surface area contributed by atoms with E-state index < -0.39 is 18.0 Å². The number of carbonyl (C=O) groups excluding carboxylic acids is 2. The Hall–Kier alpha value is -2.92. The van der Waals surface area contributed by atoms with Crippen molar-refractivity contribution in [3.05, 3.63) is 18.0 Å². The molecule has 1 amide bonds. The first-order chi connectivity index (χ1) is 14.6. The molecule has 3 rings (SSSR count). The van der Waals surface area contributed by atoms with E-state index in [9.17, 15) is 22.8 Å². The first-order valence-corrected chi connectivity index (χ1v) is 10.1. The van der Waals surface area contributed by atoms with E-state index in [1.165, 1.54) is 6.07 Å². The summed E-state index contributed by atoms with van der Waals surface area (Å²) in [6.45, 7) is 6.33. The molecule has 12 heteroatoms. The number of nitrogens with one attached hydrogen (secondary N) is 1. The molecular weight excluding hydrogens is 417 g/mol. The number of piperidine rings is 1. The molecule has 1 aliphatic heterocycles. The lowest BCUT2D eigenvalue weighted by atomic mass is 9.97. The number of aromatic nitrogens is 4. The Labute approximate surface area is 176 Å². The quantitative estimate of drug-likeness (QED) is 0.684. The Morgan fingerprint density at radius 2 is 1.87 bits per heavy atom. The molecule has 1 atom stereocenters. The minimum absolute atomic E-state index is 0.000370. The van der Waals surface area contributed by atoms with E-state index in [1.54, 1.807) is 11.0 Å². The van der Waals surface area contributed by atoms with Crippen LogP contribution >= 0.6 is 0 Å². The molecule has 31 heavy (non-hydrogen) atoms. The van der Waals surface area contributed by atoms with E-state index in [2.05, 4.69) is 20.6 Å². The van der Waals surface area contributed by atoms with Crippen LogP contribution in [0.15, 0.2) is 12.1 Å². The lowest BCUT2D eigenvalue weighted by Gasteiger charge is -2.31. The van der Waals surface area contributed by atoms with E-state index in [-0.39, 0.29) is 36.0 Å². The zero-order valence-corrected chi connectivity index (χ0v) is 17.5. The Kier molecular flexibility index (Phi) is 6.65. The van der Waals surface area contributed by atoms with Crippen molar-refractivity contribution in [1.29, 1.82) is 0 Å². The second-order valence-corrected chi connectivity index (χ2v) is 7.95. The Morgan fingerprint density at radius 1 is 1.19 bits per heavy atom. The number of hydrogen-bond donors (Lipinski definition) is 1. The van der Waals surface area contributed by atoms with Gasteiger partial charge in [-0.1, -0.05) is 13.8 Å². The minimum atomic E-state index is -4.67. The summed E-state index contributed by atoms with van der Waals surface area (Å²) in [7, 11) is 0. The molecule has 0 spiro atoms. The van der Waals surface area contributed by atoms with E-state index in [0.717, 1.165) is 0 Å². The summed E-state index contributed by atoms with van der Waals surface area (Å²) >= 11 is 0. The molecule has 0 bridgehead atoms. The summed E-state index contributed by atoms with van der Waals surface area (Å²) in [5, 5.41) is 13.4. The summed E-state index contributed by atoms with van der Waals surface area (Å²) in [6, 6.07) is 2.97. The molecule has 0 aliphatic carbocycles. The highest BCUT2D eigenvalue weighted by molar-refractivity contribution is 5.81. The predicted octanol–water partition coefficient (Wildman–Crippen LogP) is 2.06. The molecule has 1 fully saturated rings. The fraction of sp³-hybridized carbons (Fsp3) is 0.632. The van der Waals surface area contributed by atoms with Crippen LogP contribution in [0.4, 0.5) is 19.0 Å². The number of fused-ring (bicyclic) bond motifs is 1. The largest absolute Gasteiger partial charge is 0.455 e. The number of carbonyl (C=O) groups is 2.